The molecule has 4 heteroatoms. The van der Waals surface area contributed by atoms with Crippen molar-refractivity contribution in [2.45, 2.75) is 32.6 Å². The molecule has 0 bridgehead atoms. The molecule has 0 fully saturated rings. The molecule has 1 aromatic carbocycles. The fourth-order valence-electron chi connectivity index (χ4n) is 1.51. The molecule has 0 aromatic heterocycles. The number of hydrogen-bond acceptors (Lipinski definition) is 4. The second-order valence-corrected chi connectivity index (χ2v) is 4.17. The number of ether oxygens (including phenoxy) is 2. The molecule has 0 atom stereocenters. The van der Waals surface area contributed by atoms with E-state index in [9.17, 15) is 9.59 Å². The monoisotopic (exact) mass is 264 g/mol. The van der Waals surface area contributed by atoms with E-state index < -0.39 is 0 Å². The molecule has 4 nitrogen and oxygen atoms in total. The molecular formula is C15H20O4. The summed E-state index contributed by atoms with van der Waals surface area (Å²) in [5.41, 5.74) is 0.499. The van der Waals surface area contributed by atoms with Gasteiger partial charge in [-0.2, -0.15) is 0 Å². The lowest BCUT2D eigenvalue weighted by Crippen LogP contribution is -2.06. The third-order valence-electron chi connectivity index (χ3n) is 2.49. The molecule has 0 aliphatic carbocycles. The molecule has 0 radical (unpaired) electrons. The number of carbonyl (C=O) groups is 2. The van der Waals surface area contributed by atoms with E-state index in [0.29, 0.717) is 30.9 Å². The van der Waals surface area contributed by atoms with Gasteiger partial charge in [0.2, 0.25) is 0 Å². The summed E-state index contributed by atoms with van der Waals surface area (Å²) in [7, 11) is 0. The van der Waals surface area contributed by atoms with Crippen molar-refractivity contribution >= 4 is 12.3 Å². The summed E-state index contributed by atoms with van der Waals surface area (Å²) in [6.45, 7) is 2.92. The Morgan fingerprint density at radius 2 is 2.11 bits per heavy atom. The van der Waals surface area contributed by atoms with Gasteiger partial charge >= 0.3 is 5.97 Å². The molecule has 0 saturated heterocycles. The van der Waals surface area contributed by atoms with Crippen LogP contribution in [-0.4, -0.2) is 25.5 Å². The Hall–Kier alpha value is -1.84. The van der Waals surface area contributed by atoms with Gasteiger partial charge in [-0.1, -0.05) is 13.0 Å². The lowest BCUT2D eigenvalue weighted by Gasteiger charge is -2.07. The van der Waals surface area contributed by atoms with E-state index in [-0.39, 0.29) is 5.97 Å². The Labute approximate surface area is 113 Å². The topological polar surface area (TPSA) is 52.6 Å². The zero-order valence-corrected chi connectivity index (χ0v) is 11.3. The van der Waals surface area contributed by atoms with Crippen LogP contribution in [0.3, 0.4) is 0 Å². The van der Waals surface area contributed by atoms with Crippen LogP contribution in [0.2, 0.25) is 0 Å². The number of esters is 1. The molecule has 0 saturated carbocycles. The molecule has 0 aliphatic rings. The van der Waals surface area contributed by atoms with Crippen LogP contribution in [0.4, 0.5) is 0 Å². The van der Waals surface area contributed by atoms with E-state index in [1.54, 1.807) is 24.3 Å². The van der Waals surface area contributed by atoms with Gasteiger partial charge < -0.3 is 14.3 Å². The predicted octanol–water partition coefficient (Wildman–Crippen LogP) is 3.00. The molecule has 104 valence electrons. The van der Waals surface area contributed by atoms with Crippen LogP contribution in [0.25, 0.3) is 0 Å². The number of aldehydes is 1. The Bertz CT molecular complexity index is 401. The van der Waals surface area contributed by atoms with Crippen LogP contribution < -0.4 is 4.74 Å². The van der Waals surface area contributed by atoms with Gasteiger partial charge in [0.25, 0.3) is 0 Å². The lowest BCUT2D eigenvalue weighted by molar-refractivity contribution is -0.107. The highest BCUT2D eigenvalue weighted by molar-refractivity contribution is 5.89. The first-order chi connectivity index (χ1) is 9.27. The van der Waals surface area contributed by atoms with Crippen molar-refractivity contribution in [1.82, 2.24) is 0 Å². The molecule has 0 heterocycles. The summed E-state index contributed by atoms with van der Waals surface area (Å²) in [4.78, 5) is 21.8. The first-order valence-electron chi connectivity index (χ1n) is 6.61. The second-order valence-electron chi connectivity index (χ2n) is 4.17. The number of hydrogen-bond donors (Lipinski definition) is 0. The van der Waals surface area contributed by atoms with Crippen LogP contribution in [0.15, 0.2) is 24.3 Å². The number of benzene rings is 1. The summed E-state index contributed by atoms with van der Waals surface area (Å²) in [6, 6.07) is 6.95. The van der Waals surface area contributed by atoms with Crippen molar-refractivity contribution in [2.75, 3.05) is 13.2 Å². The smallest absolute Gasteiger partial charge is 0.338 e. The van der Waals surface area contributed by atoms with Crippen LogP contribution in [0.5, 0.6) is 5.75 Å². The molecule has 0 N–H and O–H groups in total. The zero-order chi connectivity index (χ0) is 13.9. The van der Waals surface area contributed by atoms with Gasteiger partial charge in [0, 0.05) is 6.42 Å². The van der Waals surface area contributed by atoms with E-state index in [2.05, 4.69) is 0 Å². The van der Waals surface area contributed by atoms with Gasteiger partial charge in [-0.05, 0) is 37.5 Å². The van der Waals surface area contributed by atoms with Gasteiger partial charge in [0.15, 0.2) is 0 Å². The summed E-state index contributed by atoms with van der Waals surface area (Å²) in [5, 5.41) is 0. The summed E-state index contributed by atoms with van der Waals surface area (Å²) < 4.78 is 10.6. The van der Waals surface area contributed by atoms with Gasteiger partial charge in [-0.15, -0.1) is 0 Å². The normalized spacial score (nSPS) is 9.95. The Balaban J connectivity index is 2.43. The second kappa shape index (κ2) is 9.14. The van der Waals surface area contributed by atoms with E-state index in [4.69, 9.17) is 9.47 Å². The van der Waals surface area contributed by atoms with Crippen LogP contribution in [0, 0.1) is 0 Å². The van der Waals surface area contributed by atoms with Crippen molar-refractivity contribution in [2.24, 2.45) is 0 Å². The molecule has 0 aliphatic heterocycles. The number of rotatable bonds is 9. The summed E-state index contributed by atoms with van der Waals surface area (Å²) in [5.74, 6) is 0.324. The average molecular weight is 264 g/mol. The minimum absolute atomic E-state index is 0.326. The highest BCUT2D eigenvalue weighted by Crippen LogP contribution is 2.14. The van der Waals surface area contributed by atoms with Gasteiger partial charge in [0.05, 0.1) is 18.8 Å². The summed E-state index contributed by atoms with van der Waals surface area (Å²) >= 11 is 0. The third kappa shape index (κ3) is 6.04. The highest BCUT2D eigenvalue weighted by atomic mass is 16.5. The third-order valence-corrected chi connectivity index (χ3v) is 2.49. The molecule has 0 amide bonds. The zero-order valence-electron chi connectivity index (χ0n) is 11.3. The van der Waals surface area contributed by atoms with Crippen molar-refractivity contribution in [3.8, 4) is 5.75 Å². The Morgan fingerprint density at radius 1 is 1.26 bits per heavy atom. The van der Waals surface area contributed by atoms with E-state index in [1.165, 1.54) is 0 Å². The molecule has 19 heavy (non-hydrogen) atoms. The van der Waals surface area contributed by atoms with E-state index in [0.717, 1.165) is 25.5 Å². The highest BCUT2D eigenvalue weighted by Gasteiger charge is 2.07. The maximum Gasteiger partial charge on any atom is 0.338 e. The van der Waals surface area contributed by atoms with Crippen molar-refractivity contribution in [3.63, 3.8) is 0 Å². The Morgan fingerprint density at radius 3 is 2.84 bits per heavy atom. The Kier molecular flexibility index (Phi) is 7.32. The summed E-state index contributed by atoms with van der Waals surface area (Å²) in [6.07, 6.45) is 3.92. The molecule has 0 unspecified atom stereocenters. The largest absolute Gasteiger partial charge is 0.494 e. The SMILES string of the molecule is CCCOC(=O)c1cccc(OCCCCC=O)c1. The fraction of sp³-hybridized carbons (Fsp3) is 0.467. The van der Waals surface area contributed by atoms with Gasteiger partial charge in [-0.3, -0.25) is 0 Å². The standard InChI is InChI=1S/C15H20O4/c1-2-10-19-15(17)13-7-6-8-14(12-13)18-11-5-3-4-9-16/h6-9,12H,2-5,10-11H2,1H3. The van der Waals surface area contributed by atoms with E-state index in [1.807, 2.05) is 6.92 Å². The maximum absolute atomic E-state index is 11.7. The first-order valence-corrected chi connectivity index (χ1v) is 6.61. The first kappa shape index (κ1) is 15.2. The molecule has 1 aromatic rings. The minimum atomic E-state index is -0.326. The van der Waals surface area contributed by atoms with Crippen LogP contribution in [0.1, 0.15) is 43.0 Å². The molecular weight excluding hydrogens is 244 g/mol. The van der Waals surface area contributed by atoms with Crippen LogP contribution in [-0.2, 0) is 9.53 Å². The average Bonchev–Trinajstić information content (AvgIpc) is 2.45. The van der Waals surface area contributed by atoms with Gasteiger partial charge in [0.1, 0.15) is 12.0 Å². The maximum atomic E-state index is 11.7. The number of unbranched alkanes of at least 4 members (excludes halogenated alkanes) is 2. The lowest BCUT2D eigenvalue weighted by atomic mass is 10.2. The minimum Gasteiger partial charge on any atom is -0.494 e. The van der Waals surface area contributed by atoms with E-state index >= 15 is 0 Å². The van der Waals surface area contributed by atoms with Gasteiger partial charge in [-0.25, -0.2) is 4.79 Å². The van der Waals surface area contributed by atoms with Crippen molar-refractivity contribution in [1.29, 1.82) is 0 Å². The number of carbonyl (C=O) groups excluding carboxylic acids is 2. The van der Waals surface area contributed by atoms with Crippen molar-refractivity contribution in [3.05, 3.63) is 29.8 Å². The van der Waals surface area contributed by atoms with Crippen molar-refractivity contribution < 1.29 is 19.1 Å². The predicted molar refractivity (Wildman–Crippen MR) is 72.4 cm³/mol. The fourth-order valence-corrected chi connectivity index (χ4v) is 1.51. The van der Waals surface area contributed by atoms with Crippen LogP contribution >= 0.6 is 0 Å². The quantitative estimate of drug-likeness (QED) is 0.391. The molecule has 1 rings (SSSR count). The molecule has 0 spiro atoms.